The van der Waals surface area contributed by atoms with Gasteiger partial charge in [-0.15, -0.1) is 0 Å². The van der Waals surface area contributed by atoms with Crippen molar-refractivity contribution in [3.05, 3.63) is 35.3 Å². The van der Waals surface area contributed by atoms with Crippen molar-refractivity contribution in [3.63, 3.8) is 0 Å². The van der Waals surface area contributed by atoms with E-state index < -0.39 is 55.1 Å². The molecular weight excluding hydrogens is 437 g/mol. The van der Waals surface area contributed by atoms with Crippen molar-refractivity contribution >= 4 is 23.7 Å². The van der Waals surface area contributed by atoms with Crippen LogP contribution in [0.5, 0.6) is 0 Å². The van der Waals surface area contributed by atoms with Gasteiger partial charge in [0.25, 0.3) is 5.91 Å². The van der Waals surface area contributed by atoms with Crippen LogP contribution in [0.1, 0.15) is 26.7 Å². The molecule has 0 radical (unpaired) electrons. The molecule has 33 heavy (non-hydrogen) atoms. The summed E-state index contributed by atoms with van der Waals surface area (Å²) in [6.45, 7) is 2.26. The number of rotatable bonds is 10. The topological polar surface area (TPSA) is 134 Å². The van der Waals surface area contributed by atoms with Gasteiger partial charge in [0.1, 0.15) is 38.0 Å². The van der Waals surface area contributed by atoms with Gasteiger partial charge in [-0.25, -0.2) is 9.18 Å². The SMILES string of the molecule is CCC(C)C(NC(=O)COCCF)C(=O)N[C@@H]1C(=O)N2C3=C1COC=CC3=CC[C@H]2C(=O)O. The van der Waals surface area contributed by atoms with Crippen molar-refractivity contribution in [2.24, 2.45) is 5.92 Å². The third kappa shape index (κ3) is 5.08. The second-order valence-electron chi connectivity index (χ2n) is 8.06. The van der Waals surface area contributed by atoms with Crippen LogP contribution < -0.4 is 10.6 Å². The lowest BCUT2D eigenvalue weighted by molar-refractivity contribution is -0.148. The Morgan fingerprint density at radius 1 is 1.39 bits per heavy atom. The predicted molar refractivity (Wildman–Crippen MR) is 113 cm³/mol. The van der Waals surface area contributed by atoms with Crippen LogP contribution in [0.15, 0.2) is 35.3 Å². The predicted octanol–water partition coefficient (Wildman–Crippen LogP) is 0.412. The molecule has 0 spiro atoms. The molecule has 0 aliphatic carbocycles. The number of nitrogens with one attached hydrogen (secondary N) is 2. The normalized spacial score (nSPS) is 23.2. The van der Waals surface area contributed by atoms with Crippen LogP contribution in [-0.4, -0.2) is 78.3 Å². The summed E-state index contributed by atoms with van der Waals surface area (Å²) in [4.78, 5) is 51.6. The molecule has 3 heterocycles. The molecule has 0 aromatic carbocycles. The minimum atomic E-state index is -1.15. The second-order valence-corrected chi connectivity index (χ2v) is 8.06. The van der Waals surface area contributed by atoms with Gasteiger partial charge >= 0.3 is 5.97 Å². The van der Waals surface area contributed by atoms with Crippen molar-refractivity contribution < 1.29 is 38.1 Å². The summed E-state index contributed by atoms with van der Waals surface area (Å²) in [5, 5.41) is 14.9. The Kier molecular flexibility index (Phi) is 7.85. The van der Waals surface area contributed by atoms with Gasteiger partial charge in [-0.05, 0) is 24.0 Å². The summed E-state index contributed by atoms with van der Waals surface area (Å²) in [6, 6.07) is -3.18. The molecule has 0 fully saturated rings. The molecule has 0 saturated heterocycles. The lowest BCUT2D eigenvalue weighted by atomic mass is 9.97. The fourth-order valence-electron chi connectivity index (χ4n) is 4.05. The first-order valence-corrected chi connectivity index (χ1v) is 10.8. The number of hydrogen-bond acceptors (Lipinski definition) is 6. The average Bonchev–Trinajstić information content (AvgIpc) is 2.93. The molecule has 0 aromatic rings. The third-order valence-corrected chi connectivity index (χ3v) is 5.94. The van der Waals surface area contributed by atoms with Crippen LogP contribution in [0.3, 0.4) is 0 Å². The van der Waals surface area contributed by atoms with Gasteiger partial charge < -0.3 is 25.2 Å². The highest BCUT2D eigenvalue weighted by molar-refractivity contribution is 6.00. The summed E-state index contributed by atoms with van der Waals surface area (Å²) < 4.78 is 22.5. The highest BCUT2D eigenvalue weighted by Gasteiger charge is 2.48. The molecule has 2 unspecified atom stereocenters. The molecule has 0 aromatic heterocycles. The van der Waals surface area contributed by atoms with Crippen LogP contribution in [0, 0.1) is 5.92 Å². The molecule has 0 saturated carbocycles. The maximum absolute atomic E-state index is 13.3. The minimum absolute atomic E-state index is 0.000126. The van der Waals surface area contributed by atoms with Gasteiger partial charge in [-0.3, -0.25) is 19.3 Å². The Bertz CT molecular complexity index is 914. The number of carboxylic acid groups (broad SMARTS) is 1. The Morgan fingerprint density at radius 3 is 2.82 bits per heavy atom. The zero-order valence-electron chi connectivity index (χ0n) is 18.5. The molecule has 3 N–H and O–H groups in total. The standard InChI is InChI=1S/C22H28FN3O7/c1-3-12(2)17(24-16(27)11-33-9-7-23)20(28)25-18-14-10-32-8-6-13-4-5-15(22(30)31)26(19(13)14)21(18)29/h4,6,8,12,15,17-18H,3,5,7,9-11H2,1-2H3,(H,24,27)(H,25,28)(H,30,31)/t12?,15-,17?,18-/m0/s1. The molecule has 0 bridgehead atoms. The Morgan fingerprint density at radius 2 is 2.15 bits per heavy atom. The van der Waals surface area contributed by atoms with E-state index in [1.807, 2.05) is 6.92 Å². The highest BCUT2D eigenvalue weighted by Crippen LogP contribution is 2.38. The summed E-state index contributed by atoms with van der Waals surface area (Å²) in [6.07, 6.45) is 5.54. The Labute approximate surface area is 190 Å². The summed E-state index contributed by atoms with van der Waals surface area (Å²) in [5.41, 5.74) is 1.54. The number of hydrogen-bond donors (Lipinski definition) is 3. The number of ether oxygens (including phenoxy) is 2. The van der Waals surface area contributed by atoms with Crippen LogP contribution in [0.25, 0.3) is 0 Å². The lowest BCUT2D eigenvalue weighted by Gasteiger charge is -2.31. The molecular formula is C22H28FN3O7. The van der Waals surface area contributed by atoms with Gasteiger partial charge in [0.05, 0.1) is 18.6 Å². The minimum Gasteiger partial charge on any atom is -0.497 e. The van der Waals surface area contributed by atoms with Gasteiger partial charge in [0.2, 0.25) is 11.8 Å². The van der Waals surface area contributed by atoms with Crippen molar-refractivity contribution in [1.82, 2.24) is 15.5 Å². The van der Waals surface area contributed by atoms with Gasteiger partial charge in [-0.1, -0.05) is 26.3 Å². The lowest BCUT2D eigenvalue weighted by Crippen LogP contribution is -2.56. The van der Waals surface area contributed by atoms with E-state index in [1.165, 1.54) is 11.2 Å². The first kappa shape index (κ1) is 24.4. The fraction of sp³-hybridized carbons (Fsp3) is 0.545. The number of carbonyl (C=O) groups is 4. The van der Waals surface area contributed by atoms with Crippen molar-refractivity contribution in [1.29, 1.82) is 0 Å². The van der Waals surface area contributed by atoms with Crippen molar-refractivity contribution in [2.45, 2.75) is 44.8 Å². The summed E-state index contributed by atoms with van der Waals surface area (Å²) >= 11 is 0. The quantitative estimate of drug-likeness (QED) is 0.398. The molecule has 3 aliphatic heterocycles. The summed E-state index contributed by atoms with van der Waals surface area (Å²) in [7, 11) is 0. The van der Waals surface area contributed by atoms with Crippen LogP contribution in [0.2, 0.25) is 0 Å². The number of allylic oxidation sites excluding steroid dienone is 1. The van der Waals surface area contributed by atoms with E-state index in [1.54, 1.807) is 19.1 Å². The van der Waals surface area contributed by atoms with Crippen LogP contribution >= 0.6 is 0 Å². The van der Waals surface area contributed by atoms with Gasteiger partial charge in [-0.2, -0.15) is 0 Å². The van der Waals surface area contributed by atoms with E-state index in [2.05, 4.69) is 10.6 Å². The third-order valence-electron chi connectivity index (χ3n) is 5.94. The first-order chi connectivity index (χ1) is 15.8. The highest BCUT2D eigenvalue weighted by atomic mass is 19.1. The fourth-order valence-corrected chi connectivity index (χ4v) is 4.05. The number of halogens is 1. The maximum Gasteiger partial charge on any atom is 0.327 e. The van der Waals surface area contributed by atoms with Gasteiger partial charge in [0, 0.05) is 5.57 Å². The van der Waals surface area contributed by atoms with E-state index >= 15 is 0 Å². The zero-order chi connectivity index (χ0) is 24.1. The van der Waals surface area contributed by atoms with Crippen molar-refractivity contribution in [2.75, 3.05) is 26.5 Å². The van der Waals surface area contributed by atoms with Crippen LogP contribution in [0.4, 0.5) is 4.39 Å². The molecule has 3 aliphatic rings. The van der Waals surface area contributed by atoms with Crippen molar-refractivity contribution in [3.8, 4) is 0 Å². The Hall–Kier alpha value is -3.21. The van der Waals surface area contributed by atoms with E-state index in [0.717, 1.165) is 0 Å². The summed E-state index contributed by atoms with van der Waals surface area (Å²) in [5.74, 6) is -3.17. The monoisotopic (exact) mass is 465 g/mol. The van der Waals surface area contributed by atoms with Crippen LogP contribution in [-0.2, 0) is 28.7 Å². The largest absolute Gasteiger partial charge is 0.497 e. The average molecular weight is 465 g/mol. The smallest absolute Gasteiger partial charge is 0.327 e. The number of amides is 3. The molecule has 3 rings (SSSR count). The zero-order valence-corrected chi connectivity index (χ0v) is 18.5. The number of carbonyl (C=O) groups excluding carboxylic acids is 3. The van der Waals surface area contributed by atoms with Gasteiger partial charge in [0.15, 0.2) is 0 Å². The Balaban J connectivity index is 1.83. The van der Waals surface area contributed by atoms with E-state index in [4.69, 9.17) is 9.47 Å². The van der Waals surface area contributed by atoms with E-state index in [9.17, 15) is 28.7 Å². The maximum atomic E-state index is 13.3. The number of carboxylic acids is 1. The number of aliphatic carboxylic acids is 1. The molecule has 10 nitrogen and oxygen atoms in total. The van der Waals surface area contributed by atoms with E-state index in [-0.39, 0.29) is 25.6 Å². The number of alkyl halides is 1. The number of nitrogens with zero attached hydrogens (tertiary/aromatic N) is 1. The van der Waals surface area contributed by atoms with E-state index in [0.29, 0.717) is 23.3 Å². The second kappa shape index (κ2) is 10.6. The molecule has 11 heteroatoms. The molecule has 180 valence electrons. The molecule has 3 amide bonds. The molecule has 4 atom stereocenters. The first-order valence-electron chi connectivity index (χ1n) is 10.8.